The van der Waals surface area contributed by atoms with Gasteiger partial charge in [-0.2, -0.15) is 5.10 Å². The van der Waals surface area contributed by atoms with E-state index in [9.17, 15) is 0 Å². The predicted octanol–water partition coefficient (Wildman–Crippen LogP) is 4.11. The van der Waals surface area contributed by atoms with Crippen LogP contribution in [0.15, 0.2) is 54.7 Å². The maximum Gasteiger partial charge on any atom is 0.129 e. The number of imidazole rings is 1. The molecule has 0 amide bonds. The Bertz CT molecular complexity index is 1140. The summed E-state index contributed by atoms with van der Waals surface area (Å²) < 4.78 is 12.0. The number of fused-ring (bicyclic) bond motifs is 3. The summed E-state index contributed by atoms with van der Waals surface area (Å²) in [5.41, 5.74) is 4.01. The third kappa shape index (κ3) is 3.46. The zero-order valence-corrected chi connectivity index (χ0v) is 16.5. The number of hydrogen-bond acceptors (Lipinski definition) is 5. The van der Waals surface area contributed by atoms with Gasteiger partial charge in [0, 0.05) is 25.4 Å². The van der Waals surface area contributed by atoms with Crippen LogP contribution in [0.4, 0.5) is 0 Å². The Hall–Kier alpha value is -3.16. The number of rotatable bonds is 5. The number of hydrogen-bond donors (Lipinski definition) is 2. The average molecular weight is 401 g/mol. The summed E-state index contributed by atoms with van der Waals surface area (Å²) in [5.74, 6) is 2.56. The molecular formula is C23H23N5O2. The summed E-state index contributed by atoms with van der Waals surface area (Å²) in [6.07, 6.45) is 4.91. The fourth-order valence-corrected chi connectivity index (χ4v) is 4.47. The molecule has 2 fully saturated rings. The van der Waals surface area contributed by atoms with Crippen LogP contribution in [0.3, 0.4) is 0 Å². The van der Waals surface area contributed by atoms with Crippen LogP contribution in [0.5, 0.6) is 11.5 Å². The van der Waals surface area contributed by atoms with Gasteiger partial charge in [0.2, 0.25) is 0 Å². The fourth-order valence-electron chi connectivity index (χ4n) is 4.47. The number of likely N-dealkylation sites (tertiary alicyclic amines) is 1. The van der Waals surface area contributed by atoms with Crippen molar-refractivity contribution in [3.8, 4) is 22.8 Å². The highest BCUT2D eigenvalue weighted by Gasteiger charge is 2.33. The first kappa shape index (κ1) is 17.7. The lowest BCUT2D eigenvalue weighted by Crippen LogP contribution is -2.42. The standard InChI is InChI=1S/C23H23N5O2/c1-3-16(4-2-15(1)20-9-10-24-27-20)29-17-7-8-21-22(11-17)26-23(25-21)14-28-12-18-5-6-19(13-28)30-18/h1-4,7-11,18-19H,5-6,12-14H2,(H,24,27)(H,25,26)/t18-,19+. The minimum atomic E-state index is 0.396. The molecule has 0 aliphatic carbocycles. The molecule has 2 N–H and O–H groups in total. The highest BCUT2D eigenvalue weighted by Crippen LogP contribution is 2.29. The molecule has 2 aliphatic heterocycles. The van der Waals surface area contributed by atoms with Crippen LogP contribution in [0.2, 0.25) is 0 Å². The van der Waals surface area contributed by atoms with Gasteiger partial charge in [0.1, 0.15) is 17.3 Å². The molecule has 4 heterocycles. The third-order valence-electron chi connectivity index (χ3n) is 5.90. The van der Waals surface area contributed by atoms with E-state index in [2.05, 4.69) is 20.1 Å². The van der Waals surface area contributed by atoms with Crippen LogP contribution in [0, 0.1) is 0 Å². The van der Waals surface area contributed by atoms with Crippen molar-refractivity contribution in [3.63, 3.8) is 0 Å². The summed E-state index contributed by atoms with van der Waals surface area (Å²) in [7, 11) is 0. The van der Waals surface area contributed by atoms with E-state index in [1.54, 1.807) is 6.20 Å². The summed E-state index contributed by atoms with van der Waals surface area (Å²) in [5, 5.41) is 6.96. The van der Waals surface area contributed by atoms with Crippen molar-refractivity contribution in [2.45, 2.75) is 31.6 Å². The van der Waals surface area contributed by atoms with Crippen molar-refractivity contribution in [1.82, 2.24) is 25.1 Å². The van der Waals surface area contributed by atoms with Crippen molar-refractivity contribution >= 4 is 11.0 Å². The Labute approximate surface area is 174 Å². The molecule has 30 heavy (non-hydrogen) atoms. The Kier molecular flexibility index (Phi) is 4.28. The van der Waals surface area contributed by atoms with Crippen molar-refractivity contribution in [1.29, 1.82) is 0 Å². The minimum absolute atomic E-state index is 0.396. The number of nitrogens with zero attached hydrogens (tertiary/aromatic N) is 3. The molecule has 2 atom stereocenters. The second kappa shape index (κ2) is 7.27. The van der Waals surface area contributed by atoms with Crippen LogP contribution in [0.1, 0.15) is 18.7 Å². The zero-order chi connectivity index (χ0) is 19.9. The normalized spacial score (nSPS) is 21.3. The van der Waals surface area contributed by atoms with Crippen molar-refractivity contribution in [2.75, 3.05) is 13.1 Å². The number of aromatic nitrogens is 4. The van der Waals surface area contributed by atoms with Crippen LogP contribution in [0.25, 0.3) is 22.3 Å². The number of H-pyrrole nitrogens is 2. The lowest BCUT2D eigenvalue weighted by atomic mass is 10.1. The molecule has 6 rings (SSSR count). The first-order chi connectivity index (χ1) is 14.8. The van der Waals surface area contributed by atoms with Crippen molar-refractivity contribution in [2.24, 2.45) is 0 Å². The minimum Gasteiger partial charge on any atom is -0.457 e. The molecule has 0 unspecified atom stereocenters. The van der Waals surface area contributed by atoms with Gasteiger partial charge in [-0.1, -0.05) is 0 Å². The summed E-state index contributed by atoms with van der Waals surface area (Å²) in [4.78, 5) is 10.7. The van der Waals surface area contributed by atoms with E-state index >= 15 is 0 Å². The van der Waals surface area contributed by atoms with E-state index in [1.165, 1.54) is 12.8 Å². The van der Waals surface area contributed by atoms with Crippen molar-refractivity contribution < 1.29 is 9.47 Å². The number of ether oxygens (including phenoxy) is 2. The van der Waals surface area contributed by atoms with E-state index in [4.69, 9.17) is 14.5 Å². The van der Waals surface area contributed by atoms with Crippen LogP contribution >= 0.6 is 0 Å². The molecule has 2 aliphatic rings. The Balaban J connectivity index is 1.16. The second-order valence-electron chi connectivity index (χ2n) is 8.11. The Morgan fingerprint density at radius 3 is 2.57 bits per heavy atom. The summed E-state index contributed by atoms with van der Waals surface area (Å²) >= 11 is 0. The molecule has 152 valence electrons. The number of aromatic amines is 2. The lowest BCUT2D eigenvalue weighted by molar-refractivity contribution is -0.0416. The summed E-state index contributed by atoms with van der Waals surface area (Å²) in [6, 6.07) is 15.9. The number of benzene rings is 2. The highest BCUT2D eigenvalue weighted by molar-refractivity contribution is 5.77. The molecule has 0 radical (unpaired) electrons. The summed E-state index contributed by atoms with van der Waals surface area (Å²) in [6.45, 7) is 2.82. The van der Waals surface area contributed by atoms with Gasteiger partial charge in [-0.3, -0.25) is 10.00 Å². The smallest absolute Gasteiger partial charge is 0.129 e. The SMILES string of the molecule is c1cc(-c2ccc(Oc3ccc4[nH]c(CN5C[C@H]6CC[C@@H](C5)O6)nc4c3)cc2)[nH]n1. The molecule has 0 saturated carbocycles. The highest BCUT2D eigenvalue weighted by atomic mass is 16.5. The maximum atomic E-state index is 6.05. The first-order valence-corrected chi connectivity index (χ1v) is 10.4. The van der Waals surface area contributed by atoms with Gasteiger partial charge in [0.05, 0.1) is 35.5 Å². The van der Waals surface area contributed by atoms with Gasteiger partial charge < -0.3 is 14.5 Å². The number of nitrogens with one attached hydrogen (secondary N) is 2. The maximum absolute atomic E-state index is 6.05. The molecule has 2 aromatic heterocycles. The molecule has 2 aromatic carbocycles. The van der Waals surface area contributed by atoms with Gasteiger partial charge in [-0.15, -0.1) is 0 Å². The van der Waals surface area contributed by atoms with E-state index in [1.807, 2.05) is 48.5 Å². The molecular weight excluding hydrogens is 378 g/mol. The molecule has 7 nitrogen and oxygen atoms in total. The van der Waals surface area contributed by atoms with Gasteiger partial charge in [-0.05, 0) is 60.9 Å². The van der Waals surface area contributed by atoms with Crippen LogP contribution < -0.4 is 4.74 Å². The molecule has 2 bridgehead atoms. The predicted molar refractivity (Wildman–Crippen MR) is 113 cm³/mol. The van der Waals surface area contributed by atoms with E-state index in [0.29, 0.717) is 12.2 Å². The van der Waals surface area contributed by atoms with Gasteiger partial charge in [-0.25, -0.2) is 4.98 Å². The first-order valence-electron chi connectivity index (χ1n) is 10.4. The fraction of sp³-hybridized carbons (Fsp3) is 0.304. The molecule has 2 saturated heterocycles. The second-order valence-corrected chi connectivity index (χ2v) is 8.11. The largest absolute Gasteiger partial charge is 0.457 e. The average Bonchev–Trinajstić information content (AvgIpc) is 3.48. The van der Waals surface area contributed by atoms with Gasteiger partial charge >= 0.3 is 0 Å². The Morgan fingerprint density at radius 1 is 1.00 bits per heavy atom. The van der Waals surface area contributed by atoms with Gasteiger partial charge in [0.15, 0.2) is 0 Å². The quantitative estimate of drug-likeness (QED) is 0.526. The Morgan fingerprint density at radius 2 is 1.80 bits per heavy atom. The topological polar surface area (TPSA) is 79.1 Å². The van der Waals surface area contributed by atoms with Gasteiger partial charge in [0.25, 0.3) is 0 Å². The zero-order valence-electron chi connectivity index (χ0n) is 16.5. The van der Waals surface area contributed by atoms with Crippen LogP contribution in [-0.2, 0) is 11.3 Å². The van der Waals surface area contributed by atoms with E-state index in [0.717, 1.165) is 59.2 Å². The van der Waals surface area contributed by atoms with E-state index in [-0.39, 0.29) is 0 Å². The van der Waals surface area contributed by atoms with Crippen molar-refractivity contribution in [3.05, 3.63) is 60.6 Å². The van der Waals surface area contributed by atoms with E-state index < -0.39 is 0 Å². The molecule has 7 heteroatoms. The molecule has 4 aromatic rings. The monoisotopic (exact) mass is 401 g/mol. The molecule has 0 spiro atoms. The van der Waals surface area contributed by atoms with Crippen LogP contribution in [-0.4, -0.2) is 50.4 Å². The third-order valence-corrected chi connectivity index (χ3v) is 5.90. The lowest BCUT2D eigenvalue weighted by Gasteiger charge is -2.31. The number of morpholine rings is 1.